The molecule has 0 aliphatic rings. The molecule has 0 amide bonds. The Bertz CT molecular complexity index is 207. The van der Waals surface area contributed by atoms with E-state index in [1.54, 1.807) is 0 Å². The summed E-state index contributed by atoms with van der Waals surface area (Å²) in [6.45, 7) is 2.26. The van der Waals surface area contributed by atoms with Gasteiger partial charge in [0.05, 0.1) is 6.42 Å². The Morgan fingerprint density at radius 3 is 1.74 bits per heavy atom. The molecule has 0 aromatic carbocycles. The van der Waals surface area contributed by atoms with Gasteiger partial charge in [0.2, 0.25) is 0 Å². The van der Waals surface area contributed by atoms with Crippen molar-refractivity contribution in [3.05, 3.63) is 0 Å². The van der Waals surface area contributed by atoms with Crippen molar-refractivity contribution in [2.24, 2.45) is 0 Å². The van der Waals surface area contributed by atoms with Crippen molar-refractivity contribution in [2.45, 2.75) is 94.3 Å². The molecular weight excluding hydrogens is 351 g/mol. The van der Waals surface area contributed by atoms with Gasteiger partial charge in [0.1, 0.15) is 0 Å². The number of carboxylic acids is 1. The van der Waals surface area contributed by atoms with E-state index in [9.17, 15) is 4.79 Å². The summed E-state index contributed by atoms with van der Waals surface area (Å²) in [6.07, 6.45) is 16.3. The van der Waals surface area contributed by atoms with E-state index < -0.39 is 5.97 Å². The van der Waals surface area contributed by atoms with Gasteiger partial charge in [-0.25, -0.2) is 0 Å². The van der Waals surface area contributed by atoms with Crippen molar-refractivity contribution >= 4 is 28.6 Å². The van der Waals surface area contributed by atoms with E-state index in [0.717, 1.165) is 6.42 Å². The van der Waals surface area contributed by atoms with Gasteiger partial charge < -0.3 is 5.11 Å². The van der Waals surface area contributed by atoms with Gasteiger partial charge in [0.25, 0.3) is 0 Å². The highest BCUT2D eigenvalue weighted by Gasteiger charge is 2.08. The highest BCUT2D eigenvalue weighted by molar-refractivity contribution is 14.1. The second-order valence-electron chi connectivity index (χ2n) is 5.52. The molecule has 2 nitrogen and oxygen atoms in total. The Hall–Kier alpha value is 0.200. The summed E-state index contributed by atoms with van der Waals surface area (Å²) in [5.74, 6) is -0.664. The van der Waals surface area contributed by atoms with Crippen LogP contribution in [0.2, 0.25) is 0 Å². The molecule has 1 unspecified atom stereocenters. The molecule has 0 rings (SSSR count). The average Bonchev–Trinajstić information content (AvgIpc) is 2.35. The predicted octanol–water partition coefficient (Wildman–Crippen LogP) is 5.97. The van der Waals surface area contributed by atoms with Gasteiger partial charge in [0.15, 0.2) is 0 Å². The first kappa shape index (κ1) is 19.2. The molecular formula is C16H31IO2. The maximum absolute atomic E-state index is 10.5. The third-order valence-corrected chi connectivity index (χ3v) is 4.58. The van der Waals surface area contributed by atoms with E-state index >= 15 is 0 Å². The van der Waals surface area contributed by atoms with Crippen LogP contribution in [0.25, 0.3) is 0 Å². The zero-order valence-corrected chi connectivity index (χ0v) is 14.7. The van der Waals surface area contributed by atoms with Crippen LogP contribution in [0.5, 0.6) is 0 Å². The Kier molecular flexibility index (Phi) is 14.8. The quantitative estimate of drug-likeness (QED) is 0.228. The number of unbranched alkanes of at least 4 members (excludes halogenated alkanes) is 10. The molecule has 0 bridgehead atoms. The van der Waals surface area contributed by atoms with Crippen molar-refractivity contribution in [3.8, 4) is 0 Å². The minimum atomic E-state index is -0.664. The average molecular weight is 382 g/mol. The molecule has 114 valence electrons. The van der Waals surface area contributed by atoms with Crippen molar-refractivity contribution in [1.82, 2.24) is 0 Å². The molecule has 0 spiro atoms. The standard InChI is InChI=1S/C16H31IO2/c1-2-3-4-5-6-7-8-9-10-11-12-13-15(17)14-16(18)19/h15H,2-14H2,1H3,(H,18,19). The zero-order chi connectivity index (χ0) is 14.3. The van der Waals surface area contributed by atoms with Crippen LogP contribution in [0.1, 0.15) is 90.4 Å². The van der Waals surface area contributed by atoms with Crippen LogP contribution in [-0.2, 0) is 4.79 Å². The molecule has 0 saturated heterocycles. The van der Waals surface area contributed by atoms with Gasteiger partial charge in [-0.2, -0.15) is 0 Å². The maximum atomic E-state index is 10.5. The van der Waals surface area contributed by atoms with Gasteiger partial charge in [-0.05, 0) is 6.42 Å². The normalized spacial score (nSPS) is 12.5. The summed E-state index contributed by atoms with van der Waals surface area (Å²) in [5, 5.41) is 8.66. The van der Waals surface area contributed by atoms with Crippen LogP contribution in [-0.4, -0.2) is 15.0 Å². The van der Waals surface area contributed by atoms with Gasteiger partial charge >= 0.3 is 5.97 Å². The smallest absolute Gasteiger partial charge is 0.304 e. The maximum Gasteiger partial charge on any atom is 0.304 e. The number of alkyl halides is 1. The van der Waals surface area contributed by atoms with Crippen molar-refractivity contribution in [1.29, 1.82) is 0 Å². The first-order valence-corrected chi connectivity index (χ1v) is 9.27. The summed E-state index contributed by atoms with van der Waals surface area (Å²) in [6, 6.07) is 0. The fraction of sp³-hybridized carbons (Fsp3) is 0.938. The van der Waals surface area contributed by atoms with E-state index in [0.29, 0.717) is 10.3 Å². The van der Waals surface area contributed by atoms with Crippen LogP contribution in [0.15, 0.2) is 0 Å². The molecule has 0 saturated carbocycles. The third-order valence-electron chi connectivity index (χ3n) is 3.52. The van der Waals surface area contributed by atoms with Crippen LogP contribution in [0.3, 0.4) is 0 Å². The first-order chi connectivity index (χ1) is 9.16. The molecule has 0 aromatic heterocycles. The summed E-state index contributed by atoms with van der Waals surface area (Å²) in [4.78, 5) is 10.5. The summed E-state index contributed by atoms with van der Waals surface area (Å²) < 4.78 is 0.314. The molecule has 1 N–H and O–H groups in total. The molecule has 0 aliphatic carbocycles. The Morgan fingerprint density at radius 2 is 1.32 bits per heavy atom. The van der Waals surface area contributed by atoms with E-state index in [4.69, 9.17) is 5.11 Å². The first-order valence-electron chi connectivity index (χ1n) is 8.02. The highest BCUT2D eigenvalue weighted by atomic mass is 127. The number of rotatable bonds is 14. The largest absolute Gasteiger partial charge is 0.481 e. The number of halogens is 1. The van der Waals surface area contributed by atoms with Gasteiger partial charge in [-0.1, -0.05) is 100 Å². The Morgan fingerprint density at radius 1 is 0.895 bits per heavy atom. The minimum absolute atomic E-state index is 0.314. The Balaban J connectivity index is 3.08. The Labute approximate surface area is 132 Å². The predicted molar refractivity (Wildman–Crippen MR) is 91.1 cm³/mol. The van der Waals surface area contributed by atoms with Crippen LogP contribution >= 0.6 is 22.6 Å². The number of aliphatic carboxylic acids is 1. The molecule has 0 aromatic rings. The zero-order valence-electron chi connectivity index (χ0n) is 12.5. The number of hydrogen-bond donors (Lipinski definition) is 1. The molecule has 0 fully saturated rings. The fourth-order valence-corrected chi connectivity index (χ4v) is 3.14. The molecule has 0 radical (unpaired) electrons. The highest BCUT2D eigenvalue weighted by Crippen LogP contribution is 2.17. The van der Waals surface area contributed by atoms with E-state index in [1.807, 2.05) is 0 Å². The lowest BCUT2D eigenvalue weighted by Gasteiger charge is -2.06. The van der Waals surface area contributed by atoms with Gasteiger partial charge in [0, 0.05) is 3.92 Å². The number of hydrogen-bond acceptors (Lipinski definition) is 1. The van der Waals surface area contributed by atoms with Crippen LogP contribution < -0.4 is 0 Å². The molecule has 3 heteroatoms. The summed E-state index contributed by atoms with van der Waals surface area (Å²) >= 11 is 2.27. The van der Waals surface area contributed by atoms with E-state index in [2.05, 4.69) is 29.5 Å². The lowest BCUT2D eigenvalue weighted by atomic mass is 10.0. The van der Waals surface area contributed by atoms with Crippen LogP contribution in [0.4, 0.5) is 0 Å². The van der Waals surface area contributed by atoms with Crippen molar-refractivity contribution < 1.29 is 9.90 Å². The third kappa shape index (κ3) is 16.1. The molecule has 1 atom stereocenters. The molecule has 0 aliphatic heterocycles. The second kappa shape index (κ2) is 14.6. The fourth-order valence-electron chi connectivity index (χ4n) is 2.32. The summed E-state index contributed by atoms with van der Waals surface area (Å²) in [5.41, 5.74) is 0. The van der Waals surface area contributed by atoms with E-state index in [-0.39, 0.29) is 0 Å². The van der Waals surface area contributed by atoms with Crippen LogP contribution in [0, 0.1) is 0 Å². The molecule has 19 heavy (non-hydrogen) atoms. The summed E-state index contributed by atoms with van der Waals surface area (Å²) in [7, 11) is 0. The minimum Gasteiger partial charge on any atom is -0.481 e. The van der Waals surface area contributed by atoms with E-state index in [1.165, 1.54) is 70.6 Å². The number of carbonyl (C=O) groups is 1. The lowest BCUT2D eigenvalue weighted by Crippen LogP contribution is -2.06. The topological polar surface area (TPSA) is 37.3 Å². The lowest BCUT2D eigenvalue weighted by molar-refractivity contribution is -0.136. The molecule has 0 heterocycles. The van der Waals surface area contributed by atoms with Crippen molar-refractivity contribution in [3.63, 3.8) is 0 Å². The monoisotopic (exact) mass is 382 g/mol. The second-order valence-corrected chi connectivity index (χ2v) is 7.28. The SMILES string of the molecule is CCCCCCCCCCCCCC(I)CC(=O)O. The van der Waals surface area contributed by atoms with Crippen molar-refractivity contribution in [2.75, 3.05) is 0 Å². The van der Waals surface area contributed by atoms with Gasteiger partial charge in [-0.3, -0.25) is 4.79 Å². The van der Waals surface area contributed by atoms with Gasteiger partial charge in [-0.15, -0.1) is 0 Å². The number of carboxylic acid groups (broad SMARTS) is 1.